The summed E-state index contributed by atoms with van der Waals surface area (Å²) in [7, 11) is 1.34. The summed E-state index contributed by atoms with van der Waals surface area (Å²) in [5.41, 5.74) is 4.60. The van der Waals surface area contributed by atoms with Gasteiger partial charge in [0.2, 0.25) is 11.8 Å². The molecule has 2 unspecified atom stereocenters. The van der Waals surface area contributed by atoms with E-state index in [1.807, 2.05) is 12.1 Å². The molecular formula is C34H33ClFN3O6. The van der Waals surface area contributed by atoms with E-state index < -0.39 is 12.0 Å². The summed E-state index contributed by atoms with van der Waals surface area (Å²) in [5, 5.41) is 7.23. The number of rotatable bonds is 11. The van der Waals surface area contributed by atoms with Gasteiger partial charge in [-0.25, -0.2) is 9.78 Å². The summed E-state index contributed by atoms with van der Waals surface area (Å²) in [5.74, 6) is 0.0903. The Bertz CT molecular complexity index is 1750. The van der Waals surface area contributed by atoms with E-state index in [2.05, 4.69) is 21.7 Å². The number of benzene rings is 2. The van der Waals surface area contributed by atoms with E-state index in [1.165, 1.54) is 13.2 Å². The molecule has 11 heteroatoms. The molecule has 6 rings (SSSR count). The number of hydrogen-bond acceptors (Lipinski definition) is 8. The average Bonchev–Trinajstić information content (AvgIpc) is 3.43. The fourth-order valence-electron chi connectivity index (χ4n) is 5.54. The molecule has 4 aromatic rings. The Morgan fingerprint density at radius 1 is 1.11 bits per heavy atom. The number of pyridine rings is 1. The Morgan fingerprint density at radius 2 is 1.98 bits per heavy atom. The highest BCUT2D eigenvalue weighted by Gasteiger charge is 2.22. The lowest BCUT2D eigenvalue weighted by atomic mass is 9.86. The van der Waals surface area contributed by atoms with Crippen LogP contribution in [0, 0.1) is 11.9 Å². The Labute approximate surface area is 264 Å². The Hall–Kier alpha value is -4.41. The van der Waals surface area contributed by atoms with Gasteiger partial charge in [0, 0.05) is 42.7 Å². The van der Waals surface area contributed by atoms with Crippen LogP contribution in [0.1, 0.15) is 53.7 Å². The minimum Gasteiger partial charge on any atom is -0.473 e. The summed E-state index contributed by atoms with van der Waals surface area (Å²) >= 11 is 6.16. The first-order chi connectivity index (χ1) is 21.9. The number of ether oxygens (including phenoxy) is 3. The van der Waals surface area contributed by atoms with Gasteiger partial charge in [0.1, 0.15) is 12.2 Å². The molecule has 0 saturated carbocycles. The second kappa shape index (κ2) is 13.7. The van der Waals surface area contributed by atoms with Crippen molar-refractivity contribution in [3.05, 3.63) is 88.5 Å². The van der Waals surface area contributed by atoms with Crippen molar-refractivity contribution in [1.29, 1.82) is 0 Å². The van der Waals surface area contributed by atoms with Gasteiger partial charge >= 0.3 is 5.97 Å². The first-order valence-corrected chi connectivity index (χ1v) is 15.3. The smallest absolute Gasteiger partial charge is 0.337 e. The summed E-state index contributed by atoms with van der Waals surface area (Å²) < 4.78 is 35.2. The van der Waals surface area contributed by atoms with E-state index in [1.54, 1.807) is 36.4 Å². The van der Waals surface area contributed by atoms with E-state index in [9.17, 15) is 14.0 Å². The molecule has 1 aliphatic heterocycles. The molecule has 45 heavy (non-hydrogen) atoms. The molecule has 3 heterocycles. The molecule has 234 valence electrons. The molecule has 9 nitrogen and oxygen atoms in total. The van der Waals surface area contributed by atoms with Crippen molar-refractivity contribution in [1.82, 2.24) is 4.98 Å². The number of aromatic nitrogens is 1. The van der Waals surface area contributed by atoms with Crippen LogP contribution in [0.15, 0.2) is 65.1 Å². The SMILES string of the molecule is COC(=O)c1ccc(NC(=O)CC2CC=C(c3cccc(OCc4ccc(Cl)c5cc(F)oc45)n3)CC2)c(NCC2CCO2)c1. The summed E-state index contributed by atoms with van der Waals surface area (Å²) in [6.45, 7) is 1.47. The lowest BCUT2D eigenvalue weighted by molar-refractivity contribution is -0.117. The monoisotopic (exact) mass is 633 g/mol. The van der Waals surface area contributed by atoms with Crippen molar-refractivity contribution >= 4 is 51.4 Å². The predicted octanol–water partition coefficient (Wildman–Crippen LogP) is 7.40. The van der Waals surface area contributed by atoms with Crippen LogP contribution in [-0.4, -0.2) is 43.2 Å². The molecule has 2 aliphatic rings. The number of anilines is 2. The number of fused-ring (bicyclic) bond motifs is 1. The second-order valence-electron chi connectivity index (χ2n) is 11.2. The molecule has 0 radical (unpaired) electrons. The van der Waals surface area contributed by atoms with Crippen LogP contribution >= 0.6 is 11.6 Å². The van der Waals surface area contributed by atoms with Crippen molar-refractivity contribution in [2.24, 2.45) is 5.92 Å². The Balaban J connectivity index is 1.05. The number of halogens is 2. The lowest BCUT2D eigenvalue weighted by Gasteiger charge is -2.27. The highest BCUT2D eigenvalue weighted by molar-refractivity contribution is 6.35. The van der Waals surface area contributed by atoms with Gasteiger partial charge < -0.3 is 29.3 Å². The third-order valence-electron chi connectivity index (χ3n) is 8.13. The third-order valence-corrected chi connectivity index (χ3v) is 8.46. The summed E-state index contributed by atoms with van der Waals surface area (Å²) in [4.78, 5) is 29.8. The maximum absolute atomic E-state index is 13.7. The van der Waals surface area contributed by atoms with Crippen molar-refractivity contribution in [2.75, 3.05) is 30.9 Å². The predicted molar refractivity (Wildman–Crippen MR) is 169 cm³/mol. The van der Waals surface area contributed by atoms with Gasteiger partial charge in [0.05, 0.1) is 40.9 Å². The largest absolute Gasteiger partial charge is 0.473 e. The third kappa shape index (κ3) is 7.29. The van der Waals surface area contributed by atoms with Crippen molar-refractivity contribution in [2.45, 2.75) is 44.8 Å². The summed E-state index contributed by atoms with van der Waals surface area (Å²) in [6, 6.07) is 14.6. The van der Waals surface area contributed by atoms with Crippen LogP contribution in [0.2, 0.25) is 5.02 Å². The molecule has 0 bridgehead atoms. The van der Waals surface area contributed by atoms with E-state index in [0.717, 1.165) is 43.6 Å². The first kappa shape index (κ1) is 30.6. The Kier molecular flexibility index (Phi) is 9.32. The number of allylic oxidation sites excluding steroid dienone is 2. The van der Waals surface area contributed by atoms with Crippen LogP contribution in [0.4, 0.5) is 15.8 Å². The van der Waals surface area contributed by atoms with Gasteiger partial charge in [-0.15, -0.1) is 0 Å². The van der Waals surface area contributed by atoms with Gasteiger partial charge in [-0.1, -0.05) is 29.8 Å². The number of nitrogens with zero attached hydrogens (tertiary/aromatic N) is 1. The number of hydrogen-bond donors (Lipinski definition) is 2. The molecule has 2 aromatic heterocycles. The maximum atomic E-state index is 13.7. The van der Waals surface area contributed by atoms with E-state index >= 15 is 0 Å². The van der Waals surface area contributed by atoms with Crippen molar-refractivity contribution in [3.63, 3.8) is 0 Å². The van der Waals surface area contributed by atoms with Crippen molar-refractivity contribution in [3.8, 4) is 5.88 Å². The number of carbonyl (C=O) groups excluding carboxylic acids is 2. The molecule has 1 fully saturated rings. The van der Waals surface area contributed by atoms with Gasteiger partial charge in [-0.2, -0.15) is 4.39 Å². The van der Waals surface area contributed by atoms with Crippen LogP contribution in [0.5, 0.6) is 5.88 Å². The van der Waals surface area contributed by atoms with E-state index in [0.29, 0.717) is 57.3 Å². The van der Waals surface area contributed by atoms with Crippen LogP contribution in [0.3, 0.4) is 0 Å². The zero-order chi connectivity index (χ0) is 31.3. The standard InChI is InChI=1S/C34H33ClFN3O6/c1-42-34(41)22-10-12-28(29(16-22)37-18-24-13-14-43-24)38-31(40)15-20-5-7-21(8-6-20)27-3-2-4-32(39-27)44-19-23-9-11-26(35)25-17-30(36)45-33(23)25/h2-4,7,9-12,16-17,20,24,37H,5-6,8,13-15,18-19H2,1H3,(H,38,40). The number of furan rings is 1. The molecule has 2 atom stereocenters. The fourth-order valence-corrected chi connectivity index (χ4v) is 5.74. The molecule has 2 aromatic carbocycles. The molecular weight excluding hydrogens is 601 g/mol. The fraction of sp³-hybridized carbons (Fsp3) is 0.324. The number of nitrogens with one attached hydrogen (secondary N) is 2. The topological polar surface area (TPSA) is 112 Å². The van der Waals surface area contributed by atoms with Gasteiger partial charge in [-0.3, -0.25) is 4.79 Å². The number of carbonyl (C=O) groups is 2. The second-order valence-corrected chi connectivity index (χ2v) is 11.6. The minimum absolute atomic E-state index is 0.0909. The highest BCUT2D eigenvalue weighted by Crippen LogP contribution is 2.34. The Morgan fingerprint density at radius 3 is 2.73 bits per heavy atom. The zero-order valence-electron chi connectivity index (χ0n) is 24.7. The molecule has 0 spiro atoms. The van der Waals surface area contributed by atoms with Gasteiger partial charge in [0.25, 0.3) is 6.01 Å². The molecule has 2 N–H and O–H groups in total. The zero-order valence-corrected chi connectivity index (χ0v) is 25.5. The van der Waals surface area contributed by atoms with E-state index in [-0.39, 0.29) is 24.5 Å². The van der Waals surface area contributed by atoms with Crippen molar-refractivity contribution < 1.29 is 32.6 Å². The quantitative estimate of drug-likeness (QED) is 0.164. The minimum atomic E-state index is -0.703. The number of methoxy groups -OCH3 is 1. The average molecular weight is 634 g/mol. The van der Waals surface area contributed by atoms with Crippen LogP contribution in [0.25, 0.3) is 16.5 Å². The van der Waals surface area contributed by atoms with Crippen LogP contribution < -0.4 is 15.4 Å². The molecule has 1 amide bonds. The highest BCUT2D eigenvalue weighted by atomic mass is 35.5. The maximum Gasteiger partial charge on any atom is 0.337 e. The summed E-state index contributed by atoms with van der Waals surface area (Å²) in [6.07, 6.45) is 5.95. The van der Waals surface area contributed by atoms with Crippen LogP contribution in [-0.2, 0) is 20.9 Å². The number of amides is 1. The number of esters is 1. The normalized spacial score (nSPS) is 17.7. The van der Waals surface area contributed by atoms with Gasteiger partial charge in [-0.05, 0) is 67.5 Å². The van der Waals surface area contributed by atoms with Gasteiger partial charge in [0.15, 0.2) is 0 Å². The molecule has 1 saturated heterocycles. The van der Waals surface area contributed by atoms with E-state index in [4.69, 9.17) is 30.2 Å². The lowest BCUT2D eigenvalue weighted by Crippen LogP contribution is -2.33. The first-order valence-electron chi connectivity index (χ1n) is 14.9. The molecule has 1 aliphatic carbocycles.